The second kappa shape index (κ2) is 8.13. The standard InChI is InChI=1S/C21H20F5N7O/c22-15(23)11-33-18-13(9-28-33)27-10-17(30-18)31-7-2-5-20(12-31)6-8-32(19(20)34)16-4-1-3-14(29-16)21(24,25)26/h1,3-4,9-10,15H,2,5-8,11-12H2. The largest absolute Gasteiger partial charge is 0.433 e. The van der Waals surface area contributed by atoms with Gasteiger partial charge in [0.15, 0.2) is 5.65 Å². The molecule has 0 saturated carbocycles. The Kier molecular flexibility index (Phi) is 5.36. The van der Waals surface area contributed by atoms with E-state index in [1.54, 1.807) is 0 Å². The van der Waals surface area contributed by atoms with Gasteiger partial charge in [0, 0.05) is 19.6 Å². The van der Waals surface area contributed by atoms with Crippen molar-refractivity contribution in [2.24, 2.45) is 5.41 Å². The molecular weight excluding hydrogens is 461 g/mol. The van der Waals surface area contributed by atoms with Gasteiger partial charge < -0.3 is 4.90 Å². The van der Waals surface area contributed by atoms with Gasteiger partial charge in [-0.2, -0.15) is 18.3 Å². The van der Waals surface area contributed by atoms with Crippen LogP contribution in [0.3, 0.4) is 0 Å². The number of carbonyl (C=O) groups excluding carboxylic acids is 1. The number of carbonyl (C=O) groups is 1. The number of piperidine rings is 1. The number of anilines is 2. The first-order valence-corrected chi connectivity index (χ1v) is 10.7. The van der Waals surface area contributed by atoms with Crippen LogP contribution in [0.2, 0.25) is 0 Å². The van der Waals surface area contributed by atoms with Crippen molar-refractivity contribution in [1.82, 2.24) is 24.7 Å². The fourth-order valence-electron chi connectivity index (χ4n) is 4.73. The SMILES string of the molecule is O=C1N(c2cccc(C(F)(F)F)n2)CCC12CCCN(c1cnc3cnn(CC(F)F)c3n1)C2. The van der Waals surface area contributed by atoms with Gasteiger partial charge in [0.25, 0.3) is 6.43 Å². The Morgan fingerprint density at radius 2 is 1.88 bits per heavy atom. The smallest absolute Gasteiger partial charge is 0.354 e. The Labute approximate surface area is 190 Å². The maximum Gasteiger partial charge on any atom is 0.433 e. The average molecular weight is 481 g/mol. The van der Waals surface area contributed by atoms with E-state index in [4.69, 9.17) is 0 Å². The lowest BCUT2D eigenvalue weighted by molar-refractivity contribution is -0.141. The molecule has 2 fully saturated rings. The normalized spacial score (nSPS) is 21.4. The Morgan fingerprint density at radius 3 is 2.65 bits per heavy atom. The predicted octanol–water partition coefficient (Wildman–Crippen LogP) is 3.53. The number of nitrogens with zero attached hydrogens (tertiary/aromatic N) is 7. The van der Waals surface area contributed by atoms with Crippen molar-refractivity contribution in [2.75, 3.05) is 29.4 Å². The van der Waals surface area contributed by atoms with Crippen LogP contribution in [0.5, 0.6) is 0 Å². The first kappa shape index (κ1) is 22.4. The summed E-state index contributed by atoms with van der Waals surface area (Å²) in [6.07, 6.45) is -2.62. The summed E-state index contributed by atoms with van der Waals surface area (Å²) < 4.78 is 66.1. The number of rotatable bonds is 4. The molecule has 0 bridgehead atoms. The minimum absolute atomic E-state index is 0.0223. The zero-order chi connectivity index (χ0) is 24.1. The van der Waals surface area contributed by atoms with Crippen molar-refractivity contribution >= 4 is 28.7 Å². The molecule has 1 unspecified atom stereocenters. The number of hydrogen-bond acceptors (Lipinski definition) is 6. The molecule has 5 rings (SSSR count). The van der Waals surface area contributed by atoms with Crippen molar-refractivity contribution in [3.05, 3.63) is 36.3 Å². The van der Waals surface area contributed by atoms with Gasteiger partial charge in [-0.15, -0.1) is 0 Å². The van der Waals surface area contributed by atoms with Gasteiger partial charge in [-0.3, -0.25) is 9.69 Å². The summed E-state index contributed by atoms with van der Waals surface area (Å²) in [4.78, 5) is 29.0. The molecule has 0 aromatic carbocycles. The Hall–Kier alpha value is -3.38. The lowest BCUT2D eigenvalue weighted by Gasteiger charge is -2.39. The zero-order valence-corrected chi connectivity index (χ0v) is 17.8. The van der Waals surface area contributed by atoms with Gasteiger partial charge in [0.1, 0.15) is 29.4 Å². The molecule has 13 heteroatoms. The van der Waals surface area contributed by atoms with Crippen LogP contribution in [0.4, 0.5) is 33.6 Å². The monoisotopic (exact) mass is 481 g/mol. The highest BCUT2D eigenvalue weighted by Crippen LogP contribution is 2.42. The highest BCUT2D eigenvalue weighted by atomic mass is 19.4. The van der Waals surface area contributed by atoms with E-state index in [9.17, 15) is 26.7 Å². The average Bonchev–Trinajstić information content (AvgIpc) is 3.34. The third-order valence-corrected chi connectivity index (χ3v) is 6.36. The topological polar surface area (TPSA) is 80.0 Å². The van der Waals surface area contributed by atoms with E-state index in [1.165, 1.54) is 29.4 Å². The Balaban J connectivity index is 1.40. The predicted molar refractivity (Wildman–Crippen MR) is 111 cm³/mol. The van der Waals surface area contributed by atoms with E-state index >= 15 is 0 Å². The summed E-state index contributed by atoms with van der Waals surface area (Å²) in [5, 5.41) is 3.92. The molecule has 3 aromatic heterocycles. The number of pyridine rings is 1. The highest BCUT2D eigenvalue weighted by Gasteiger charge is 2.50. The first-order chi connectivity index (χ1) is 16.2. The van der Waals surface area contributed by atoms with Crippen LogP contribution in [0.15, 0.2) is 30.6 Å². The molecule has 2 aliphatic heterocycles. The number of alkyl halides is 5. The van der Waals surface area contributed by atoms with Gasteiger partial charge in [0.2, 0.25) is 5.91 Å². The van der Waals surface area contributed by atoms with E-state index in [1.807, 2.05) is 4.90 Å². The lowest BCUT2D eigenvalue weighted by atomic mass is 9.78. The van der Waals surface area contributed by atoms with Gasteiger partial charge in [-0.1, -0.05) is 6.07 Å². The van der Waals surface area contributed by atoms with Crippen LogP contribution in [0, 0.1) is 5.41 Å². The van der Waals surface area contributed by atoms with Gasteiger partial charge in [0.05, 0.1) is 17.8 Å². The van der Waals surface area contributed by atoms with Crippen molar-refractivity contribution in [3.8, 4) is 0 Å². The quantitative estimate of drug-likeness (QED) is 0.531. The van der Waals surface area contributed by atoms with Crippen molar-refractivity contribution in [2.45, 2.75) is 38.4 Å². The van der Waals surface area contributed by atoms with Crippen LogP contribution in [0.1, 0.15) is 25.0 Å². The van der Waals surface area contributed by atoms with Crippen molar-refractivity contribution in [3.63, 3.8) is 0 Å². The molecule has 0 aliphatic carbocycles. The van der Waals surface area contributed by atoms with Gasteiger partial charge in [-0.05, 0) is 31.4 Å². The summed E-state index contributed by atoms with van der Waals surface area (Å²) in [7, 11) is 0. The third kappa shape index (κ3) is 3.92. The van der Waals surface area contributed by atoms with Crippen LogP contribution in [0.25, 0.3) is 11.2 Å². The number of amides is 1. The zero-order valence-electron chi connectivity index (χ0n) is 17.8. The van der Waals surface area contributed by atoms with Crippen LogP contribution in [-0.2, 0) is 17.5 Å². The van der Waals surface area contributed by atoms with E-state index in [0.717, 1.165) is 10.7 Å². The number of aromatic nitrogens is 5. The summed E-state index contributed by atoms with van der Waals surface area (Å²) in [6.45, 7) is 0.528. The number of hydrogen-bond donors (Lipinski definition) is 0. The minimum Gasteiger partial charge on any atom is -0.354 e. The van der Waals surface area contributed by atoms with E-state index in [2.05, 4.69) is 20.1 Å². The fourth-order valence-corrected chi connectivity index (χ4v) is 4.73. The molecule has 2 aliphatic rings. The summed E-state index contributed by atoms with van der Waals surface area (Å²) in [6, 6.07) is 3.51. The Morgan fingerprint density at radius 1 is 1.06 bits per heavy atom. The van der Waals surface area contributed by atoms with E-state index in [0.29, 0.717) is 43.7 Å². The first-order valence-electron chi connectivity index (χ1n) is 10.7. The van der Waals surface area contributed by atoms with Crippen molar-refractivity contribution < 1.29 is 26.7 Å². The molecule has 5 heterocycles. The molecule has 2 saturated heterocycles. The minimum atomic E-state index is -4.60. The summed E-state index contributed by atoms with van der Waals surface area (Å²) >= 11 is 0. The molecule has 1 amide bonds. The lowest BCUT2D eigenvalue weighted by Crippen LogP contribution is -2.48. The molecule has 34 heavy (non-hydrogen) atoms. The molecule has 1 spiro atoms. The molecule has 180 valence electrons. The van der Waals surface area contributed by atoms with E-state index in [-0.39, 0.29) is 23.9 Å². The van der Waals surface area contributed by atoms with Crippen LogP contribution < -0.4 is 9.80 Å². The number of fused-ring (bicyclic) bond motifs is 1. The molecular formula is C21H20F5N7O. The van der Waals surface area contributed by atoms with Crippen LogP contribution in [-0.4, -0.2) is 56.7 Å². The van der Waals surface area contributed by atoms with Gasteiger partial charge in [-0.25, -0.2) is 28.4 Å². The van der Waals surface area contributed by atoms with Crippen molar-refractivity contribution in [1.29, 1.82) is 0 Å². The number of halogens is 5. The second-order valence-corrected chi connectivity index (χ2v) is 8.55. The molecule has 1 atom stereocenters. The van der Waals surface area contributed by atoms with Crippen LogP contribution >= 0.6 is 0 Å². The molecule has 0 N–H and O–H groups in total. The molecule has 0 radical (unpaired) electrons. The summed E-state index contributed by atoms with van der Waals surface area (Å²) in [5.41, 5.74) is -1.23. The fraction of sp³-hybridized carbons (Fsp3) is 0.476. The van der Waals surface area contributed by atoms with E-state index < -0.39 is 30.3 Å². The molecule has 8 nitrogen and oxygen atoms in total. The van der Waals surface area contributed by atoms with Gasteiger partial charge >= 0.3 is 6.18 Å². The molecule has 3 aromatic rings. The highest BCUT2D eigenvalue weighted by molar-refractivity contribution is 5.99. The Bertz CT molecular complexity index is 1230. The maximum absolute atomic E-state index is 13.4. The maximum atomic E-state index is 13.4. The summed E-state index contributed by atoms with van der Waals surface area (Å²) in [5.74, 6) is 0.137. The second-order valence-electron chi connectivity index (χ2n) is 8.55. The third-order valence-electron chi connectivity index (χ3n) is 6.36.